The number of aliphatic hydroxyl groups excluding tert-OH is 1. The number of thioether (sulfide) groups is 1. The molecule has 0 saturated carbocycles. The Labute approximate surface area is 139 Å². The van der Waals surface area contributed by atoms with Crippen molar-refractivity contribution in [3.63, 3.8) is 0 Å². The molecule has 0 unspecified atom stereocenters. The number of hydrogen-bond acceptors (Lipinski definition) is 4. The lowest BCUT2D eigenvalue weighted by molar-refractivity contribution is 0.102. The van der Waals surface area contributed by atoms with Crippen LogP contribution in [-0.4, -0.2) is 28.4 Å². The zero-order chi connectivity index (χ0) is 16.8. The highest BCUT2D eigenvalue weighted by atomic mass is 32.2. The quantitative estimate of drug-likeness (QED) is 0.796. The van der Waals surface area contributed by atoms with Crippen LogP contribution in [0, 0.1) is 19.7 Å². The Bertz CT molecular complexity index is 684. The number of nitrogens with one attached hydrogen (secondary N) is 1. The van der Waals surface area contributed by atoms with E-state index in [9.17, 15) is 9.18 Å². The number of halogens is 1. The van der Waals surface area contributed by atoms with E-state index in [4.69, 9.17) is 5.11 Å². The van der Waals surface area contributed by atoms with Crippen LogP contribution in [-0.2, 0) is 5.75 Å². The number of rotatable bonds is 6. The van der Waals surface area contributed by atoms with Gasteiger partial charge < -0.3 is 10.4 Å². The fourth-order valence-corrected chi connectivity index (χ4v) is 2.84. The number of hydrogen-bond donors (Lipinski definition) is 2. The molecule has 0 spiro atoms. The van der Waals surface area contributed by atoms with Crippen molar-refractivity contribution in [2.45, 2.75) is 19.6 Å². The lowest BCUT2D eigenvalue weighted by Crippen LogP contribution is -2.14. The van der Waals surface area contributed by atoms with E-state index < -0.39 is 0 Å². The first-order valence-electron chi connectivity index (χ1n) is 7.23. The summed E-state index contributed by atoms with van der Waals surface area (Å²) in [4.78, 5) is 16.4. The van der Waals surface area contributed by atoms with Gasteiger partial charge in [-0.1, -0.05) is 0 Å². The molecule has 1 heterocycles. The molecule has 0 fully saturated rings. The summed E-state index contributed by atoms with van der Waals surface area (Å²) in [6.07, 6.45) is 1.63. The average molecular weight is 334 g/mol. The average Bonchev–Trinajstić information content (AvgIpc) is 2.52. The number of benzene rings is 1. The van der Waals surface area contributed by atoms with Gasteiger partial charge in [0.15, 0.2) is 0 Å². The van der Waals surface area contributed by atoms with Gasteiger partial charge in [0.05, 0.1) is 6.61 Å². The molecule has 1 amide bonds. The number of nitrogens with zero attached hydrogens (tertiary/aromatic N) is 1. The molecule has 6 heteroatoms. The van der Waals surface area contributed by atoms with E-state index in [1.54, 1.807) is 37.9 Å². The molecule has 23 heavy (non-hydrogen) atoms. The van der Waals surface area contributed by atoms with Crippen molar-refractivity contribution in [3.8, 4) is 0 Å². The molecule has 2 aromatic rings. The summed E-state index contributed by atoms with van der Waals surface area (Å²) in [5.74, 6) is 1.25. The standard InChI is InChI=1S/C17H19FN2O2S/c1-11-7-14(8-12(2)16(11)18)17(22)20-15-9-13(3-4-19-15)10-23-6-5-21/h3-4,7-9,21H,5-6,10H2,1-2H3,(H,19,20,22). The van der Waals surface area contributed by atoms with Gasteiger partial charge in [0.2, 0.25) is 0 Å². The first-order valence-corrected chi connectivity index (χ1v) is 8.38. The van der Waals surface area contributed by atoms with Crippen molar-refractivity contribution in [2.75, 3.05) is 17.7 Å². The Morgan fingerprint density at radius 1 is 1.30 bits per heavy atom. The third kappa shape index (κ3) is 4.77. The molecule has 0 bridgehead atoms. The highest BCUT2D eigenvalue weighted by molar-refractivity contribution is 7.98. The summed E-state index contributed by atoms with van der Waals surface area (Å²) in [5.41, 5.74) is 2.30. The molecule has 122 valence electrons. The minimum atomic E-state index is -0.316. The van der Waals surface area contributed by atoms with Crippen molar-refractivity contribution < 1.29 is 14.3 Å². The highest BCUT2D eigenvalue weighted by Gasteiger charge is 2.11. The zero-order valence-corrected chi connectivity index (χ0v) is 13.9. The van der Waals surface area contributed by atoms with Crippen molar-refractivity contribution in [3.05, 3.63) is 58.5 Å². The molecule has 1 aromatic heterocycles. The van der Waals surface area contributed by atoms with Gasteiger partial charge in [-0.25, -0.2) is 9.37 Å². The number of aromatic nitrogens is 1. The van der Waals surface area contributed by atoms with Crippen molar-refractivity contribution >= 4 is 23.5 Å². The van der Waals surface area contributed by atoms with E-state index >= 15 is 0 Å². The maximum absolute atomic E-state index is 13.6. The Morgan fingerprint density at radius 2 is 2.00 bits per heavy atom. The largest absolute Gasteiger partial charge is 0.396 e. The van der Waals surface area contributed by atoms with E-state index in [0.29, 0.717) is 28.3 Å². The molecule has 4 nitrogen and oxygen atoms in total. The molecular formula is C17H19FN2O2S. The van der Waals surface area contributed by atoms with Gasteiger partial charge in [-0.2, -0.15) is 11.8 Å². The molecule has 0 aliphatic heterocycles. The van der Waals surface area contributed by atoms with Crippen LogP contribution in [0.1, 0.15) is 27.0 Å². The van der Waals surface area contributed by atoms with Crippen LogP contribution < -0.4 is 5.32 Å². The fourth-order valence-electron chi connectivity index (χ4n) is 2.15. The second-order valence-corrected chi connectivity index (χ2v) is 6.31. The minimum Gasteiger partial charge on any atom is -0.396 e. The monoisotopic (exact) mass is 334 g/mol. The van der Waals surface area contributed by atoms with Gasteiger partial charge in [-0.15, -0.1) is 0 Å². The third-order valence-corrected chi connectivity index (χ3v) is 4.28. The molecule has 0 saturated heterocycles. The number of carbonyl (C=O) groups excluding carboxylic acids is 1. The van der Waals surface area contributed by atoms with Gasteiger partial charge in [0, 0.05) is 23.3 Å². The number of carbonyl (C=O) groups is 1. The van der Waals surface area contributed by atoms with Crippen LogP contribution in [0.3, 0.4) is 0 Å². The van der Waals surface area contributed by atoms with Gasteiger partial charge in [-0.3, -0.25) is 4.79 Å². The first-order chi connectivity index (χ1) is 11.0. The van der Waals surface area contributed by atoms with E-state index in [2.05, 4.69) is 10.3 Å². The van der Waals surface area contributed by atoms with Crippen LogP contribution in [0.15, 0.2) is 30.5 Å². The topological polar surface area (TPSA) is 62.2 Å². The number of aryl methyl sites for hydroxylation is 2. The van der Waals surface area contributed by atoms with Gasteiger partial charge in [0.1, 0.15) is 11.6 Å². The van der Waals surface area contributed by atoms with E-state index in [1.807, 2.05) is 6.07 Å². The number of pyridine rings is 1. The molecule has 1 aromatic carbocycles. The van der Waals surface area contributed by atoms with E-state index in [1.165, 1.54) is 12.1 Å². The summed E-state index contributed by atoms with van der Waals surface area (Å²) in [5, 5.41) is 11.5. The number of amides is 1. The zero-order valence-electron chi connectivity index (χ0n) is 13.1. The lowest BCUT2D eigenvalue weighted by Gasteiger charge is -2.09. The Balaban J connectivity index is 2.09. The summed E-state index contributed by atoms with van der Waals surface area (Å²) >= 11 is 1.60. The van der Waals surface area contributed by atoms with Crippen LogP contribution in [0.25, 0.3) is 0 Å². The molecule has 2 N–H and O–H groups in total. The maximum Gasteiger partial charge on any atom is 0.256 e. The smallest absolute Gasteiger partial charge is 0.256 e. The summed E-state index contributed by atoms with van der Waals surface area (Å²) in [6, 6.07) is 6.72. The normalized spacial score (nSPS) is 10.6. The summed E-state index contributed by atoms with van der Waals surface area (Å²) < 4.78 is 13.6. The van der Waals surface area contributed by atoms with Crippen molar-refractivity contribution in [2.24, 2.45) is 0 Å². The summed E-state index contributed by atoms with van der Waals surface area (Å²) in [6.45, 7) is 3.41. The molecule has 0 radical (unpaired) electrons. The molecule has 0 aliphatic rings. The van der Waals surface area contributed by atoms with Crippen molar-refractivity contribution in [1.29, 1.82) is 0 Å². The third-order valence-electron chi connectivity index (χ3n) is 3.27. The molecule has 0 aliphatic carbocycles. The van der Waals surface area contributed by atoms with Gasteiger partial charge in [-0.05, 0) is 54.8 Å². The predicted molar refractivity (Wildman–Crippen MR) is 91.3 cm³/mol. The second-order valence-electron chi connectivity index (χ2n) is 5.20. The Hall–Kier alpha value is -1.92. The van der Waals surface area contributed by atoms with Crippen LogP contribution in [0.5, 0.6) is 0 Å². The van der Waals surface area contributed by atoms with Crippen LogP contribution in [0.2, 0.25) is 0 Å². The van der Waals surface area contributed by atoms with E-state index in [-0.39, 0.29) is 18.3 Å². The predicted octanol–water partition coefficient (Wildman–Crippen LogP) is 3.32. The van der Waals surface area contributed by atoms with Crippen LogP contribution in [0.4, 0.5) is 10.2 Å². The maximum atomic E-state index is 13.6. The van der Waals surface area contributed by atoms with E-state index in [0.717, 1.165) is 11.3 Å². The molecule has 2 rings (SSSR count). The minimum absolute atomic E-state index is 0.141. The Morgan fingerprint density at radius 3 is 2.65 bits per heavy atom. The van der Waals surface area contributed by atoms with Gasteiger partial charge in [0.25, 0.3) is 5.91 Å². The molecule has 0 atom stereocenters. The lowest BCUT2D eigenvalue weighted by atomic mass is 10.1. The second kappa shape index (κ2) is 8.08. The summed E-state index contributed by atoms with van der Waals surface area (Å²) in [7, 11) is 0. The van der Waals surface area contributed by atoms with Crippen LogP contribution >= 0.6 is 11.8 Å². The first kappa shape index (κ1) is 17.4. The number of anilines is 1. The Kier molecular flexibility index (Phi) is 6.12. The molecular weight excluding hydrogens is 315 g/mol. The SMILES string of the molecule is Cc1cc(C(=O)Nc2cc(CSCCO)ccn2)cc(C)c1F. The van der Waals surface area contributed by atoms with Gasteiger partial charge >= 0.3 is 0 Å². The highest BCUT2D eigenvalue weighted by Crippen LogP contribution is 2.17. The number of aliphatic hydroxyl groups is 1. The fraction of sp³-hybridized carbons (Fsp3) is 0.294. The van der Waals surface area contributed by atoms with Crippen molar-refractivity contribution in [1.82, 2.24) is 4.98 Å².